The van der Waals surface area contributed by atoms with Gasteiger partial charge in [-0.2, -0.15) is 0 Å². The van der Waals surface area contributed by atoms with Crippen LogP contribution in [0.15, 0.2) is 47.8 Å². The number of nitroso groups, excluding NO2 is 1. The molecule has 0 spiro atoms. The van der Waals surface area contributed by atoms with Gasteiger partial charge < -0.3 is 15.3 Å². The number of benzene rings is 2. The average Bonchev–Trinajstić information content (AvgIpc) is 2.76. The zero-order chi connectivity index (χ0) is 20.6. The van der Waals surface area contributed by atoms with Gasteiger partial charge in [-0.25, -0.2) is 5.43 Å². The fourth-order valence-electron chi connectivity index (χ4n) is 3.72. The van der Waals surface area contributed by atoms with E-state index in [1.54, 1.807) is 12.1 Å². The van der Waals surface area contributed by atoms with Crippen molar-refractivity contribution in [2.45, 2.75) is 25.7 Å². The van der Waals surface area contributed by atoms with Gasteiger partial charge in [-0.05, 0) is 61.1 Å². The van der Waals surface area contributed by atoms with E-state index in [4.69, 9.17) is 0 Å². The van der Waals surface area contributed by atoms with Crippen molar-refractivity contribution in [3.8, 4) is 0 Å². The molecule has 0 fully saturated rings. The second kappa shape index (κ2) is 9.79. The van der Waals surface area contributed by atoms with Gasteiger partial charge in [0, 0.05) is 23.5 Å². The molecule has 3 rings (SSSR count). The first-order chi connectivity index (χ1) is 14.2. The van der Waals surface area contributed by atoms with E-state index in [1.807, 2.05) is 35.8 Å². The highest BCUT2D eigenvalue weighted by Crippen LogP contribution is 2.31. The van der Waals surface area contributed by atoms with Crippen molar-refractivity contribution in [1.29, 1.82) is 0 Å². The summed E-state index contributed by atoms with van der Waals surface area (Å²) in [4.78, 5) is 36.8. The number of para-hydroxylation sites is 1. The van der Waals surface area contributed by atoms with E-state index in [0.29, 0.717) is 5.56 Å². The van der Waals surface area contributed by atoms with Crippen LogP contribution in [0.2, 0.25) is 0 Å². The van der Waals surface area contributed by atoms with E-state index in [-0.39, 0.29) is 25.6 Å². The first-order valence-corrected chi connectivity index (χ1v) is 9.63. The lowest BCUT2D eigenvalue weighted by Crippen LogP contribution is -2.37. The molecule has 1 aliphatic rings. The number of hydrogen-bond donors (Lipinski definition) is 3. The van der Waals surface area contributed by atoms with Gasteiger partial charge in [0.25, 0.3) is 5.91 Å². The molecular formula is C21H24N4O4. The Morgan fingerprint density at radius 3 is 2.45 bits per heavy atom. The number of fused-ring (bicyclic) bond motifs is 1. The summed E-state index contributed by atoms with van der Waals surface area (Å²) in [5, 5.41) is 15.0. The number of aliphatic hydroxyl groups excluding tert-OH is 1. The third-order valence-corrected chi connectivity index (χ3v) is 5.05. The maximum Gasteiger partial charge on any atom is 0.274 e. The number of nitrogens with zero attached hydrogens (tertiary/aromatic N) is 2. The summed E-state index contributed by atoms with van der Waals surface area (Å²) in [6.45, 7) is 0.133. The number of hydrogen-bond acceptors (Lipinski definition) is 6. The van der Waals surface area contributed by atoms with Gasteiger partial charge in [-0.3, -0.25) is 9.59 Å². The second-order valence-electron chi connectivity index (χ2n) is 6.82. The van der Waals surface area contributed by atoms with Crippen LogP contribution in [0.5, 0.6) is 0 Å². The van der Waals surface area contributed by atoms with Crippen LogP contribution in [0.1, 0.15) is 34.3 Å². The third kappa shape index (κ3) is 4.78. The number of carbonyl (C=O) groups excluding carboxylic acids is 2. The van der Waals surface area contributed by atoms with E-state index < -0.39 is 5.91 Å². The summed E-state index contributed by atoms with van der Waals surface area (Å²) in [6, 6.07) is 12.6. The predicted octanol–water partition coefficient (Wildman–Crippen LogP) is 2.41. The fraction of sp³-hybridized carbons (Fsp3) is 0.333. The highest BCUT2D eigenvalue weighted by atomic mass is 16.3. The Hall–Kier alpha value is -3.26. The van der Waals surface area contributed by atoms with Crippen LogP contribution in [0, 0.1) is 4.91 Å². The van der Waals surface area contributed by atoms with Crippen molar-refractivity contribution in [3.63, 3.8) is 0 Å². The van der Waals surface area contributed by atoms with Gasteiger partial charge in [0.2, 0.25) is 5.91 Å². The standard InChI is InChI=1S/C21H24N4O4/c26-13-12-25(15-6-2-1-3-7-15)20(27)14-22-19-11-10-18(21(28)23-24-29)16-8-4-5-9-17(16)19/h1-3,6-7,10-11,22,26H,4-5,8-9,12-14H2,(H,23,28,29). The Morgan fingerprint density at radius 1 is 1.03 bits per heavy atom. The van der Waals surface area contributed by atoms with Crippen LogP contribution in [-0.2, 0) is 17.6 Å². The van der Waals surface area contributed by atoms with Crippen molar-refractivity contribution in [2.75, 3.05) is 29.9 Å². The van der Waals surface area contributed by atoms with E-state index in [2.05, 4.69) is 10.6 Å². The van der Waals surface area contributed by atoms with E-state index >= 15 is 0 Å². The van der Waals surface area contributed by atoms with Crippen LogP contribution < -0.4 is 15.6 Å². The molecule has 0 aliphatic heterocycles. The number of amides is 2. The Bertz CT molecular complexity index is 886. The molecule has 2 aromatic carbocycles. The number of aliphatic hydroxyl groups is 1. The van der Waals surface area contributed by atoms with Gasteiger partial charge in [-0.15, -0.1) is 4.91 Å². The second-order valence-corrected chi connectivity index (χ2v) is 6.82. The molecule has 0 saturated heterocycles. The van der Waals surface area contributed by atoms with Crippen molar-refractivity contribution in [1.82, 2.24) is 5.43 Å². The quantitative estimate of drug-likeness (QED) is 0.469. The lowest BCUT2D eigenvalue weighted by molar-refractivity contribution is -0.117. The summed E-state index contributed by atoms with van der Waals surface area (Å²) in [6.07, 6.45) is 3.48. The summed E-state index contributed by atoms with van der Waals surface area (Å²) >= 11 is 0. The maximum absolute atomic E-state index is 12.8. The number of anilines is 2. The van der Waals surface area contributed by atoms with Crippen molar-refractivity contribution >= 4 is 23.2 Å². The average molecular weight is 396 g/mol. The van der Waals surface area contributed by atoms with E-state index in [1.165, 1.54) is 4.90 Å². The summed E-state index contributed by atoms with van der Waals surface area (Å²) in [7, 11) is 0. The summed E-state index contributed by atoms with van der Waals surface area (Å²) < 4.78 is 0. The monoisotopic (exact) mass is 396 g/mol. The van der Waals surface area contributed by atoms with Crippen molar-refractivity contribution in [2.24, 2.45) is 5.29 Å². The largest absolute Gasteiger partial charge is 0.395 e. The minimum atomic E-state index is -0.515. The smallest absolute Gasteiger partial charge is 0.274 e. The van der Waals surface area contributed by atoms with Gasteiger partial charge in [0.1, 0.15) is 0 Å². The van der Waals surface area contributed by atoms with Crippen LogP contribution in [0.3, 0.4) is 0 Å². The van der Waals surface area contributed by atoms with Gasteiger partial charge in [0.15, 0.2) is 0 Å². The molecule has 0 saturated carbocycles. The minimum absolute atomic E-state index is 0.0583. The molecule has 0 bridgehead atoms. The minimum Gasteiger partial charge on any atom is -0.395 e. The van der Waals surface area contributed by atoms with E-state index in [9.17, 15) is 19.6 Å². The van der Waals surface area contributed by atoms with Crippen molar-refractivity contribution < 1.29 is 14.7 Å². The first-order valence-electron chi connectivity index (χ1n) is 9.63. The molecule has 0 radical (unpaired) electrons. The third-order valence-electron chi connectivity index (χ3n) is 5.05. The molecule has 2 aromatic rings. The normalized spacial score (nSPS) is 12.6. The zero-order valence-electron chi connectivity index (χ0n) is 16.1. The Kier molecular flexibility index (Phi) is 6.91. The van der Waals surface area contributed by atoms with Gasteiger partial charge in [0.05, 0.1) is 18.4 Å². The Balaban J connectivity index is 1.78. The molecule has 0 atom stereocenters. The molecule has 0 unspecified atom stereocenters. The number of carbonyl (C=O) groups is 2. The highest BCUT2D eigenvalue weighted by molar-refractivity contribution is 5.98. The molecule has 2 amide bonds. The lowest BCUT2D eigenvalue weighted by atomic mass is 9.86. The summed E-state index contributed by atoms with van der Waals surface area (Å²) in [5.74, 6) is -0.680. The Labute approximate surface area is 168 Å². The van der Waals surface area contributed by atoms with Crippen LogP contribution in [-0.4, -0.2) is 36.6 Å². The van der Waals surface area contributed by atoms with Gasteiger partial charge in [-0.1, -0.05) is 18.2 Å². The molecule has 152 valence electrons. The fourth-order valence-corrected chi connectivity index (χ4v) is 3.72. The topological polar surface area (TPSA) is 111 Å². The molecule has 0 heterocycles. The van der Waals surface area contributed by atoms with Crippen LogP contribution >= 0.6 is 0 Å². The summed E-state index contributed by atoms with van der Waals surface area (Å²) in [5.41, 5.74) is 5.82. The molecule has 3 N–H and O–H groups in total. The molecule has 8 heteroatoms. The first kappa shape index (κ1) is 20.5. The molecule has 1 aliphatic carbocycles. The van der Waals surface area contributed by atoms with E-state index in [0.717, 1.165) is 48.2 Å². The van der Waals surface area contributed by atoms with Crippen LogP contribution in [0.4, 0.5) is 11.4 Å². The maximum atomic E-state index is 12.8. The van der Waals surface area contributed by atoms with Gasteiger partial charge >= 0.3 is 0 Å². The highest BCUT2D eigenvalue weighted by Gasteiger charge is 2.22. The number of rotatable bonds is 8. The molecule has 0 aromatic heterocycles. The Morgan fingerprint density at radius 2 is 1.76 bits per heavy atom. The number of nitrogens with one attached hydrogen (secondary N) is 2. The lowest BCUT2D eigenvalue weighted by Gasteiger charge is -2.25. The van der Waals surface area contributed by atoms with Crippen molar-refractivity contribution in [3.05, 3.63) is 64.1 Å². The molecule has 8 nitrogen and oxygen atoms in total. The van der Waals surface area contributed by atoms with Crippen LogP contribution in [0.25, 0.3) is 0 Å². The predicted molar refractivity (Wildman–Crippen MR) is 111 cm³/mol. The SMILES string of the molecule is O=NNC(=O)c1ccc(NCC(=O)N(CCO)c2ccccc2)c2c1CCCC2. The zero-order valence-corrected chi connectivity index (χ0v) is 16.1. The molecule has 29 heavy (non-hydrogen) atoms. The molecular weight excluding hydrogens is 372 g/mol.